The monoisotopic (exact) mass is 445 g/mol. The Balaban J connectivity index is 1.46. The Morgan fingerprint density at radius 3 is 2.52 bits per heavy atom. The zero-order valence-corrected chi connectivity index (χ0v) is 19.2. The third-order valence-electron chi connectivity index (χ3n) is 5.56. The topological polar surface area (TPSA) is 94.6 Å². The van der Waals surface area contributed by atoms with Gasteiger partial charge in [-0.3, -0.25) is 4.79 Å². The molecule has 1 aromatic carbocycles. The molecular weight excluding hydrogens is 414 g/mol. The van der Waals surface area contributed by atoms with E-state index >= 15 is 0 Å². The fourth-order valence-corrected chi connectivity index (χ4v) is 4.45. The van der Waals surface area contributed by atoms with Crippen molar-refractivity contribution in [3.8, 4) is 0 Å². The van der Waals surface area contributed by atoms with E-state index in [0.717, 1.165) is 48.7 Å². The standard InChI is InChI=1S/C22H31N5O3S/c1-17-4-5-20(14-18(17)2)31(29,30)25-9-7-22(28)24-16-19-6-8-23-21(15-19)27-12-10-26(3)11-13-27/h4-6,8,14-15,25H,7,9-13,16H2,1-3H3,(H,24,28). The Bertz CT molecular complexity index is 1020. The summed E-state index contributed by atoms with van der Waals surface area (Å²) in [5.74, 6) is 0.710. The first-order valence-corrected chi connectivity index (χ1v) is 11.9. The van der Waals surface area contributed by atoms with Gasteiger partial charge in [0.2, 0.25) is 15.9 Å². The number of piperazine rings is 1. The van der Waals surface area contributed by atoms with Crippen molar-refractivity contribution >= 4 is 21.7 Å². The fraction of sp³-hybridized carbons (Fsp3) is 0.455. The molecule has 1 aliphatic heterocycles. The van der Waals surface area contributed by atoms with Crippen LogP contribution in [0.1, 0.15) is 23.1 Å². The van der Waals surface area contributed by atoms with E-state index in [2.05, 4.69) is 31.9 Å². The summed E-state index contributed by atoms with van der Waals surface area (Å²) in [5, 5.41) is 2.85. The van der Waals surface area contributed by atoms with E-state index in [9.17, 15) is 13.2 Å². The quantitative estimate of drug-likeness (QED) is 0.639. The van der Waals surface area contributed by atoms with Gasteiger partial charge >= 0.3 is 0 Å². The molecule has 2 heterocycles. The molecule has 0 saturated carbocycles. The molecule has 31 heavy (non-hydrogen) atoms. The van der Waals surface area contributed by atoms with Crippen LogP contribution in [0.25, 0.3) is 0 Å². The van der Waals surface area contributed by atoms with E-state index in [1.54, 1.807) is 24.4 Å². The minimum absolute atomic E-state index is 0.0456. The van der Waals surface area contributed by atoms with Crippen molar-refractivity contribution in [3.63, 3.8) is 0 Å². The number of anilines is 1. The predicted molar refractivity (Wildman–Crippen MR) is 122 cm³/mol. The first kappa shape index (κ1) is 23.2. The predicted octanol–water partition coefficient (Wildman–Crippen LogP) is 1.44. The zero-order chi connectivity index (χ0) is 22.4. The van der Waals surface area contributed by atoms with Crippen LogP contribution in [0.3, 0.4) is 0 Å². The Morgan fingerprint density at radius 2 is 1.81 bits per heavy atom. The number of carbonyl (C=O) groups is 1. The van der Waals surface area contributed by atoms with Gasteiger partial charge < -0.3 is 15.1 Å². The third-order valence-corrected chi connectivity index (χ3v) is 7.02. The normalized spacial score (nSPS) is 15.1. The number of likely N-dealkylation sites (N-methyl/N-ethyl adjacent to an activating group) is 1. The van der Waals surface area contributed by atoms with E-state index in [1.165, 1.54) is 0 Å². The molecule has 168 valence electrons. The van der Waals surface area contributed by atoms with Gasteiger partial charge in [0.1, 0.15) is 5.82 Å². The van der Waals surface area contributed by atoms with Crippen LogP contribution >= 0.6 is 0 Å². The molecule has 2 N–H and O–H groups in total. The highest BCUT2D eigenvalue weighted by Crippen LogP contribution is 2.15. The Labute approximate surface area is 184 Å². The number of hydrogen-bond acceptors (Lipinski definition) is 6. The first-order valence-electron chi connectivity index (χ1n) is 10.5. The summed E-state index contributed by atoms with van der Waals surface area (Å²) < 4.78 is 27.3. The van der Waals surface area contributed by atoms with Crippen molar-refractivity contribution in [2.45, 2.75) is 31.7 Å². The minimum atomic E-state index is -3.63. The van der Waals surface area contributed by atoms with Crippen molar-refractivity contribution in [1.29, 1.82) is 0 Å². The number of pyridine rings is 1. The number of aryl methyl sites for hydroxylation is 2. The number of benzene rings is 1. The van der Waals surface area contributed by atoms with Gasteiger partial charge in [-0.1, -0.05) is 6.07 Å². The van der Waals surface area contributed by atoms with E-state index in [0.29, 0.717) is 6.54 Å². The molecule has 0 atom stereocenters. The second-order valence-corrected chi connectivity index (χ2v) is 9.75. The summed E-state index contributed by atoms with van der Waals surface area (Å²) in [6, 6.07) is 8.86. The van der Waals surface area contributed by atoms with Crippen molar-refractivity contribution < 1.29 is 13.2 Å². The van der Waals surface area contributed by atoms with E-state index in [1.807, 2.05) is 26.0 Å². The highest BCUT2D eigenvalue weighted by Gasteiger charge is 2.16. The number of nitrogens with zero attached hydrogens (tertiary/aromatic N) is 3. The number of hydrogen-bond donors (Lipinski definition) is 2. The molecule has 1 aromatic heterocycles. The maximum atomic E-state index is 12.4. The Kier molecular flexibility index (Phi) is 7.64. The highest BCUT2D eigenvalue weighted by atomic mass is 32.2. The molecule has 0 unspecified atom stereocenters. The smallest absolute Gasteiger partial charge is 0.240 e. The van der Waals surface area contributed by atoms with Crippen LogP contribution < -0.4 is 14.9 Å². The van der Waals surface area contributed by atoms with E-state index in [4.69, 9.17) is 0 Å². The van der Waals surface area contributed by atoms with Crippen LogP contribution in [0.15, 0.2) is 41.4 Å². The van der Waals surface area contributed by atoms with E-state index in [-0.39, 0.29) is 23.8 Å². The van der Waals surface area contributed by atoms with Gasteiger partial charge in [-0.25, -0.2) is 18.1 Å². The van der Waals surface area contributed by atoms with Gasteiger partial charge in [0.05, 0.1) is 4.90 Å². The van der Waals surface area contributed by atoms with Crippen molar-refractivity contribution in [2.24, 2.45) is 0 Å². The minimum Gasteiger partial charge on any atom is -0.354 e. The zero-order valence-electron chi connectivity index (χ0n) is 18.4. The number of amides is 1. The lowest BCUT2D eigenvalue weighted by atomic mass is 10.1. The lowest BCUT2D eigenvalue weighted by molar-refractivity contribution is -0.121. The highest BCUT2D eigenvalue weighted by molar-refractivity contribution is 7.89. The van der Waals surface area contributed by atoms with Crippen LogP contribution in [0, 0.1) is 13.8 Å². The summed E-state index contributed by atoms with van der Waals surface area (Å²) in [6.07, 6.45) is 1.83. The number of rotatable bonds is 8. The van der Waals surface area contributed by atoms with Crippen molar-refractivity contribution in [3.05, 3.63) is 53.2 Å². The average molecular weight is 446 g/mol. The summed E-state index contributed by atoms with van der Waals surface area (Å²) in [5.41, 5.74) is 2.91. The molecule has 0 radical (unpaired) electrons. The summed E-state index contributed by atoms with van der Waals surface area (Å²) in [7, 11) is -1.52. The molecule has 1 amide bonds. The lowest BCUT2D eigenvalue weighted by Gasteiger charge is -2.33. The molecule has 0 aliphatic carbocycles. The molecule has 2 aromatic rings. The largest absolute Gasteiger partial charge is 0.354 e. The van der Waals surface area contributed by atoms with Gasteiger partial charge in [-0.2, -0.15) is 0 Å². The first-order chi connectivity index (χ1) is 14.7. The van der Waals surface area contributed by atoms with Crippen LogP contribution in [0.5, 0.6) is 0 Å². The average Bonchev–Trinajstić information content (AvgIpc) is 2.75. The van der Waals surface area contributed by atoms with Crippen molar-refractivity contribution in [2.75, 3.05) is 44.7 Å². The van der Waals surface area contributed by atoms with Gasteiger partial charge in [-0.05, 0) is 61.9 Å². The number of aromatic nitrogens is 1. The van der Waals surface area contributed by atoms with E-state index < -0.39 is 10.0 Å². The van der Waals surface area contributed by atoms with Gasteiger partial charge in [0.25, 0.3) is 0 Å². The number of nitrogens with one attached hydrogen (secondary N) is 2. The molecule has 8 nitrogen and oxygen atoms in total. The SMILES string of the molecule is Cc1ccc(S(=O)(=O)NCCC(=O)NCc2ccnc(N3CCN(C)CC3)c2)cc1C. The van der Waals surface area contributed by atoms with Crippen LogP contribution in [0.4, 0.5) is 5.82 Å². The second kappa shape index (κ2) is 10.2. The fourth-order valence-electron chi connectivity index (χ4n) is 3.33. The number of carbonyl (C=O) groups excluding carboxylic acids is 1. The van der Waals surface area contributed by atoms with Gasteiger partial charge in [0.15, 0.2) is 0 Å². The van der Waals surface area contributed by atoms with Crippen LogP contribution in [-0.4, -0.2) is 64.0 Å². The summed E-state index contributed by atoms with van der Waals surface area (Å²) in [6.45, 7) is 8.09. The molecule has 1 fully saturated rings. The molecule has 1 aliphatic rings. The Hall–Kier alpha value is -2.49. The maximum Gasteiger partial charge on any atom is 0.240 e. The lowest BCUT2D eigenvalue weighted by Crippen LogP contribution is -2.44. The molecular formula is C22H31N5O3S. The van der Waals surface area contributed by atoms with Crippen LogP contribution in [-0.2, 0) is 21.4 Å². The van der Waals surface area contributed by atoms with Gasteiger partial charge in [-0.15, -0.1) is 0 Å². The number of sulfonamides is 1. The summed E-state index contributed by atoms with van der Waals surface area (Å²) in [4.78, 5) is 21.4. The van der Waals surface area contributed by atoms with Gasteiger partial charge in [0, 0.05) is 51.9 Å². The summed E-state index contributed by atoms with van der Waals surface area (Å²) >= 11 is 0. The molecule has 9 heteroatoms. The molecule has 3 rings (SSSR count). The molecule has 1 saturated heterocycles. The van der Waals surface area contributed by atoms with Crippen molar-refractivity contribution in [1.82, 2.24) is 19.9 Å². The molecule has 0 bridgehead atoms. The third kappa shape index (κ3) is 6.49. The Morgan fingerprint density at radius 1 is 1.06 bits per heavy atom. The molecule has 0 spiro atoms. The maximum absolute atomic E-state index is 12.4. The van der Waals surface area contributed by atoms with Crippen LogP contribution in [0.2, 0.25) is 0 Å². The second-order valence-electron chi connectivity index (χ2n) is 7.98.